The molecule has 1 atom stereocenters. The zero-order valence-corrected chi connectivity index (χ0v) is 28.5. The number of benzene rings is 2. The first-order chi connectivity index (χ1) is 21.6. The average Bonchev–Trinajstić information content (AvgIpc) is 3.65. The smallest absolute Gasteiger partial charge is 0.407 e. The summed E-state index contributed by atoms with van der Waals surface area (Å²) >= 11 is 3.23. The second-order valence-corrected chi connectivity index (χ2v) is 15.8. The van der Waals surface area contributed by atoms with E-state index in [1.54, 1.807) is 33.0 Å². The minimum atomic E-state index is -4.59. The number of amides is 2. The van der Waals surface area contributed by atoms with Crippen LogP contribution in [0.5, 0.6) is 0 Å². The summed E-state index contributed by atoms with van der Waals surface area (Å²) in [4.78, 5) is 27.0. The lowest BCUT2D eigenvalue weighted by Crippen LogP contribution is -2.58. The van der Waals surface area contributed by atoms with Crippen molar-refractivity contribution in [2.45, 2.75) is 94.3 Å². The van der Waals surface area contributed by atoms with Crippen molar-refractivity contribution in [2.24, 2.45) is 5.92 Å². The molecule has 2 aliphatic rings. The molecule has 10 nitrogen and oxygen atoms in total. The Balaban J connectivity index is 1.36. The molecule has 3 aromatic rings. The molecule has 1 saturated heterocycles. The van der Waals surface area contributed by atoms with Gasteiger partial charge in [0.1, 0.15) is 5.60 Å². The summed E-state index contributed by atoms with van der Waals surface area (Å²) < 4.78 is 69.5. The van der Waals surface area contributed by atoms with Crippen molar-refractivity contribution < 1.29 is 31.5 Å². The van der Waals surface area contributed by atoms with E-state index < -0.39 is 45.2 Å². The van der Waals surface area contributed by atoms with Gasteiger partial charge >= 0.3 is 6.09 Å². The third-order valence-electron chi connectivity index (χ3n) is 8.47. The quantitative estimate of drug-likeness (QED) is 0.282. The zero-order chi connectivity index (χ0) is 33.3. The van der Waals surface area contributed by atoms with Gasteiger partial charge in [-0.25, -0.2) is 13.2 Å². The average molecular weight is 725 g/mol. The Morgan fingerprint density at radius 1 is 1.04 bits per heavy atom. The molecular weight excluding hydrogens is 684 g/mol. The Morgan fingerprint density at radius 2 is 1.70 bits per heavy atom. The Hall–Kier alpha value is -3.10. The van der Waals surface area contributed by atoms with Crippen LogP contribution in [0.2, 0.25) is 0 Å². The number of carbonyl (C=O) groups excluding carboxylic acids is 2. The summed E-state index contributed by atoms with van der Waals surface area (Å²) in [5, 5.41) is 7.75. The number of likely N-dealkylation sites (tertiary alicyclic amines) is 1. The fourth-order valence-electron chi connectivity index (χ4n) is 6.06. The van der Waals surface area contributed by atoms with Crippen LogP contribution < -0.4 is 10.0 Å². The monoisotopic (exact) mass is 723 g/mol. The van der Waals surface area contributed by atoms with Gasteiger partial charge in [0.15, 0.2) is 6.04 Å². The lowest BCUT2D eigenvalue weighted by Gasteiger charge is -2.36. The molecule has 250 valence electrons. The molecule has 1 aromatic heterocycles. The van der Waals surface area contributed by atoms with Crippen LogP contribution in [-0.2, 0) is 32.0 Å². The van der Waals surface area contributed by atoms with Crippen LogP contribution in [-0.4, -0.2) is 65.9 Å². The first kappa shape index (κ1) is 34.2. The van der Waals surface area contributed by atoms with E-state index in [0.717, 1.165) is 37.0 Å². The predicted molar refractivity (Wildman–Crippen MR) is 173 cm³/mol. The van der Waals surface area contributed by atoms with Crippen LogP contribution in [0.4, 0.5) is 13.6 Å². The molecule has 1 aliphatic heterocycles. The van der Waals surface area contributed by atoms with Gasteiger partial charge in [0.05, 0.1) is 16.6 Å². The minimum absolute atomic E-state index is 0.0417. The molecule has 2 amide bonds. The van der Waals surface area contributed by atoms with Gasteiger partial charge in [-0.3, -0.25) is 9.48 Å². The molecule has 1 aliphatic carbocycles. The SMILES string of the molecule is CC(C)(C)OC(=O)NC1CCN(C(=O)C(NS(=O)(=O)c2ccc3c(cnn3CC3CCCC3)c2)C(F)(F)c2ccc(Br)cc2)CC1. The fourth-order valence-corrected chi connectivity index (χ4v) is 7.55. The van der Waals surface area contributed by atoms with Crippen molar-refractivity contribution >= 4 is 48.9 Å². The normalized spacial score (nSPS) is 17.7. The van der Waals surface area contributed by atoms with E-state index in [4.69, 9.17) is 4.74 Å². The molecule has 2 fully saturated rings. The minimum Gasteiger partial charge on any atom is -0.444 e. The van der Waals surface area contributed by atoms with Crippen LogP contribution in [0, 0.1) is 5.92 Å². The van der Waals surface area contributed by atoms with Crippen LogP contribution in [0.1, 0.15) is 64.9 Å². The highest BCUT2D eigenvalue weighted by atomic mass is 79.9. The molecule has 2 heterocycles. The summed E-state index contributed by atoms with van der Waals surface area (Å²) in [5.41, 5.74) is -0.451. The number of fused-ring (bicyclic) bond motifs is 1. The van der Waals surface area contributed by atoms with E-state index >= 15 is 8.78 Å². The van der Waals surface area contributed by atoms with Crippen LogP contribution in [0.25, 0.3) is 10.9 Å². The number of alkyl carbamates (subject to hydrolysis) is 1. The van der Waals surface area contributed by atoms with Crippen molar-refractivity contribution in [2.75, 3.05) is 13.1 Å². The number of alkyl halides is 2. The van der Waals surface area contributed by atoms with Gasteiger partial charge in [0, 0.05) is 41.1 Å². The first-order valence-electron chi connectivity index (χ1n) is 15.5. The van der Waals surface area contributed by atoms with Gasteiger partial charge in [0.25, 0.3) is 5.92 Å². The number of hydrogen-bond donors (Lipinski definition) is 2. The molecule has 0 spiro atoms. The highest BCUT2D eigenvalue weighted by molar-refractivity contribution is 9.10. The van der Waals surface area contributed by atoms with Gasteiger partial charge in [-0.1, -0.05) is 40.9 Å². The molecule has 0 radical (unpaired) electrons. The molecule has 0 bridgehead atoms. The molecule has 1 saturated carbocycles. The largest absolute Gasteiger partial charge is 0.444 e. The van der Waals surface area contributed by atoms with E-state index in [2.05, 4.69) is 31.1 Å². The molecule has 14 heteroatoms. The summed E-state index contributed by atoms with van der Waals surface area (Å²) in [7, 11) is -4.59. The fraction of sp³-hybridized carbons (Fsp3) is 0.531. The van der Waals surface area contributed by atoms with Crippen LogP contribution in [0.15, 0.2) is 58.0 Å². The maximum atomic E-state index is 16.2. The second-order valence-electron chi connectivity index (χ2n) is 13.1. The summed E-state index contributed by atoms with van der Waals surface area (Å²) in [6, 6.07) is 6.73. The summed E-state index contributed by atoms with van der Waals surface area (Å²) in [6.45, 7) is 6.03. The van der Waals surface area contributed by atoms with Crippen molar-refractivity contribution in [1.29, 1.82) is 0 Å². The molecule has 2 aromatic carbocycles. The molecule has 46 heavy (non-hydrogen) atoms. The number of hydrogen-bond acceptors (Lipinski definition) is 6. The zero-order valence-electron chi connectivity index (χ0n) is 26.1. The third-order valence-corrected chi connectivity index (χ3v) is 10.4. The maximum absolute atomic E-state index is 16.2. The maximum Gasteiger partial charge on any atom is 0.407 e. The lowest BCUT2D eigenvalue weighted by molar-refractivity contribution is -0.145. The topological polar surface area (TPSA) is 123 Å². The number of carbonyl (C=O) groups is 2. The number of aromatic nitrogens is 2. The standard InChI is InChI=1S/C32H40BrF2N5O5S/c1-31(2,3)45-30(42)37-25-14-16-39(17-15-25)29(41)28(32(34,35)23-8-10-24(33)11-9-23)38-46(43,44)26-12-13-27-22(18-26)19-36-40(27)20-21-6-4-5-7-21/h8-13,18-19,21,25,28,38H,4-7,14-17,20H2,1-3H3,(H,37,42). The molecule has 1 unspecified atom stereocenters. The summed E-state index contributed by atoms with van der Waals surface area (Å²) in [6.07, 6.45) is 6.15. The van der Waals surface area contributed by atoms with Gasteiger partial charge in [-0.15, -0.1) is 0 Å². The molecular formula is C32H40BrF2N5O5S. The van der Waals surface area contributed by atoms with Gasteiger partial charge in [-0.05, 0) is 82.7 Å². The van der Waals surface area contributed by atoms with Gasteiger partial charge < -0.3 is 15.0 Å². The Bertz CT molecular complexity index is 1660. The number of halogens is 3. The Morgan fingerprint density at radius 3 is 2.33 bits per heavy atom. The molecule has 2 N–H and O–H groups in total. The van der Waals surface area contributed by atoms with Gasteiger partial charge in [0.2, 0.25) is 15.9 Å². The van der Waals surface area contributed by atoms with E-state index in [1.165, 1.54) is 42.0 Å². The number of sulfonamides is 1. The van der Waals surface area contributed by atoms with E-state index in [9.17, 15) is 18.0 Å². The van der Waals surface area contributed by atoms with E-state index in [1.807, 2.05) is 4.68 Å². The second kappa shape index (κ2) is 13.6. The number of nitrogens with zero attached hydrogens (tertiary/aromatic N) is 3. The lowest BCUT2D eigenvalue weighted by atomic mass is 9.98. The number of rotatable bonds is 9. The predicted octanol–water partition coefficient (Wildman–Crippen LogP) is 5.94. The Labute approximate surface area is 276 Å². The summed E-state index contributed by atoms with van der Waals surface area (Å²) in [5.74, 6) is -4.44. The van der Waals surface area contributed by atoms with E-state index in [-0.39, 0.29) is 36.9 Å². The number of ether oxygens (including phenoxy) is 1. The number of nitrogens with one attached hydrogen (secondary N) is 2. The highest BCUT2D eigenvalue weighted by Gasteiger charge is 2.50. The van der Waals surface area contributed by atoms with Crippen molar-refractivity contribution in [3.05, 3.63) is 58.7 Å². The highest BCUT2D eigenvalue weighted by Crippen LogP contribution is 2.35. The van der Waals surface area contributed by atoms with Crippen LogP contribution >= 0.6 is 15.9 Å². The van der Waals surface area contributed by atoms with E-state index in [0.29, 0.717) is 15.8 Å². The Kier molecular flexibility index (Phi) is 10.1. The third kappa shape index (κ3) is 8.06. The number of piperidine rings is 1. The van der Waals surface area contributed by atoms with Crippen molar-refractivity contribution in [1.82, 2.24) is 24.7 Å². The van der Waals surface area contributed by atoms with Crippen molar-refractivity contribution in [3.63, 3.8) is 0 Å². The van der Waals surface area contributed by atoms with Crippen LogP contribution in [0.3, 0.4) is 0 Å². The molecule has 5 rings (SSSR count). The van der Waals surface area contributed by atoms with Gasteiger partial charge in [-0.2, -0.15) is 18.6 Å². The first-order valence-corrected chi connectivity index (χ1v) is 17.8. The van der Waals surface area contributed by atoms with Crippen molar-refractivity contribution in [3.8, 4) is 0 Å².